The molecule has 2 aliphatic heterocycles. The van der Waals surface area contributed by atoms with Crippen molar-refractivity contribution in [2.45, 2.75) is 38.1 Å². The number of halogens is 2. The van der Waals surface area contributed by atoms with Crippen LogP contribution in [0.25, 0.3) is 0 Å². The fourth-order valence-corrected chi connectivity index (χ4v) is 3.79. The largest absolute Gasteiger partial charge is 0.493 e. The summed E-state index contributed by atoms with van der Waals surface area (Å²) in [5.41, 5.74) is 2.50. The molecule has 2 heterocycles. The molecule has 0 saturated carbocycles. The molecule has 20 heavy (non-hydrogen) atoms. The van der Waals surface area contributed by atoms with Crippen molar-refractivity contribution in [1.82, 2.24) is 4.90 Å². The number of nitrogens with zero attached hydrogens (tertiary/aromatic N) is 1. The molecule has 1 unspecified atom stereocenters. The fraction of sp³-hybridized carbons (Fsp3) is 0.625. The molecule has 110 valence electrons. The second kappa shape index (κ2) is 6.13. The Labute approximate surface area is 131 Å². The Hall–Kier alpha value is -0.440. The highest BCUT2D eigenvalue weighted by Crippen LogP contribution is 2.34. The second-order valence-electron chi connectivity index (χ2n) is 5.94. The van der Waals surface area contributed by atoms with Gasteiger partial charge < -0.3 is 4.74 Å². The van der Waals surface area contributed by atoms with E-state index in [0.29, 0.717) is 5.92 Å². The van der Waals surface area contributed by atoms with Gasteiger partial charge in [0, 0.05) is 28.9 Å². The summed E-state index contributed by atoms with van der Waals surface area (Å²) in [6.45, 7) is 6.06. The minimum atomic E-state index is 0.288. The van der Waals surface area contributed by atoms with Gasteiger partial charge in [0.25, 0.3) is 0 Å². The van der Waals surface area contributed by atoms with Crippen molar-refractivity contribution >= 4 is 23.2 Å². The predicted molar refractivity (Wildman–Crippen MR) is 84.0 cm³/mol. The van der Waals surface area contributed by atoms with Crippen LogP contribution in [0, 0.1) is 5.92 Å². The average Bonchev–Trinajstić information content (AvgIpc) is 2.87. The molecule has 0 aliphatic carbocycles. The third-order valence-corrected chi connectivity index (χ3v) is 5.08. The van der Waals surface area contributed by atoms with Crippen LogP contribution >= 0.6 is 23.2 Å². The van der Waals surface area contributed by atoms with E-state index in [1.54, 1.807) is 0 Å². The van der Waals surface area contributed by atoms with Crippen molar-refractivity contribution in [3.8, 4) is 5.75 Å². The summed E-state index contributed by atoms with van der Waals surface area (Å²) in [6, 6.07) is 4.09. The second-order valence-corrected chi connectivity index (χ2v) is 7.07. The SMILES string of the molecule is CC(Cl)C1CCN(Cc2cc(Cl)cc3c2OCC3)CC1. The maximum Gasteiger partial charge on any atom is 0.127 e. The summed E-state index contributed by atoms with van der Waals surface area (Å²) < 4.78 is 5.78. The molecule has 2 aliphatic rings. The minimum Gasteiger partial charge on any atom is -0.493 e. The number of alkyl halides is 1. The van der Waals surface area contributed by atoms with Crippen molar-refractivity contribution in [3.05, 3.63) is 28.3 Å². The van der Waals surface area contributed by atoms with Gasteiger partial charge in [0.2, 0.25) is 0 Å². The number of piperidine rings is 1. The highest BCUT2D eigenvalue weighted by atomic mass is 35.5. The van der Waals surface area contributed by atoms with Crippen LogP contribution in [-0.4, -0.2) is 30.0 Å². The van der Waals surface area contributed by atoms with Crippen LogP contribution < -0.4 is 4.74 Å². The van der Waals surface area contributed by atoms with Gasteiger partial charge in [-0.05, 0) is 56.5 Å². The summed E-state index contributed by atoms with van der Waals surface area (Å²) in [5, 5.41) is 1.12. The molecular weight excluding hydrogens is 293 g/mol. The van der Waals surface area contributed by atoms with E-state index in [-0.39, 0.29) is 5.38 Å². The first-order valence-electron chi connectivity index (χ1n) is 7.44. The average molecular weight is 314 g/mol. The van der Waals surface area contributed by atoms with E-state index in [1.165, 1.54) is 24.0 Å². The van der Waals surface area contributed by atoms with Gasteiger partial charge >= 0.3 is 0 Å². The van der Waals surface area contributed by atoms with E-state index >= 15 is 0 Å². The Kier molecular flexibility index (Phi) is 4.44. The van der Waals surface area contributed by atoms with E-state index in [9.17, 15) is 0 Å². The van der Waals surface area contributed by atoms with E-state index in [4.69, 9.17) is 27.9 Å². The molecule has 0 bridgehead atoms. The van der Waals surface area contributed by atoms with Gasteiger partial charge in [-0.3, -0.25) is 4.90 Å². The van der Waals surface area contributed by atoms with Gasteiger partial charge in [0.05, 0.1) is 6.61 Å². The maximum atomic E-state index is 6.22. The number of fused-ring (bicyclic) bond motifs is 1. The monoisotopic (exact) mass is 313 g/mol. The maximum absolute atomic E-state index is 6.22. The summed E-state index contributed by atoms with van der Waals surface area (Å²) in [7, 11) is 0. The van der Waals surface area contributed by atoms with Crippen molar-refractivity contribution < 1.29 is 4.74 Å². The smallest absolute Gasteiger partial charge is 0.127 e. The lowest BCUT2D eigenvalue weighted by atomic mass is 9.93. The molecular formula is C16H21Cl2NO. The number of hydrogen-bond donors (Lipinski definition) is 0. The van der Waals surface area contributed by atoms with Crippen molar-refractivity contribution in [3.63, 3.8) is 0 Å². The number of rotatable bonds is 3. The molecule has 3 rings (SSSR count). The molecule has 4 heteroatoms. The lowest BCUT2D eigenvalue weighted by Gasteiger charge is -2.33. The minimum absolute atomic E-state index is 0.288. The zero-order valence-corrected chi connectivity index (χ0v) is 13.4. The Morgan fingerprint density at radius 1 is 1.35 bits per heavy atom. The Morgan fingerprint density at radius 2 is 2.10 bits per heavy atom. The third-order valence-electron chi connectivity index (χ3n) is 4.50. The molecule has 1 aromatic rings. The third kappa shape index (κ3) is 3.08. The normalized spacial score (nSPS) is 21.6. The number of hydrogen-bond acceptors (Lipinski definition) is 2. The van der Waals surface area contributed by atoms with Crippen LogP contribution in [0.2, 0.25) is 5.02 Å². The molecule has 0 radical (unpaired) electrons. The quantitative estimate of drug-likeness (QED) is 0.778. The van der Waals surface area contributed by atoms with Gasteiger partial charge in [0.1, 0.15) is 5.75 Å². The molecule has 1 aromatic carbocycles. The summed E-state index contributed by atoms with van der Waals surface area (Å²) >= 11 is 12.4. The van der Waals surface area contributed by atoms with Gasteiger partial charge in [-0.25, -0.2) is 0 Å². The van der Waals surface area contributed by atoms with Crippen molar-refractivity contribution in [2.24, 2.45) is 5.92 Å². The zero-order chi connectivity index (χ0) is 14.1. The van der Waals surface area contributed by atoms with Crippen LogP contribution in [0.5, 0.6) is 5.75 Å². The van der Waals surface area contributed by atoms with Crippen LogP contribution in [0.1, 0.15) is 30.9 Å². The summed E-state index contributed by atoms with van der Waals surface area (Å²) in [4.78, 5) is 2.49. The first-order valence-corrected chi connectivity index (χ1v) is 8.25. The molecule has 0 aromatic heterocycles. The Morgan fingerprint density at radius 3 is 2.80 bits per heavy atom. The van der Waals surface area contributed by atoms with E-state index in [0.717, 1.165) is 43.4 Å². The van der Waals surface area contributed by atoms with E-state index in [1.807, 2.05) is 6.07 Å². The topological polar surface area (TPSA) is 12.5 Å². The highest BCUT2D eigenvalue weighted by molar-refractivity contribution is 6.30. The first-order chi connectivity index (χ1) is 9.63. The number of likely N-dealkylation sites (tertiary alicyclic amines) is 1. The number of benzene rings is 1. The standard InChI is InChI=1S/C16H21Cl2NO/c1-11(17)12-2-5-19(6-3-12)10-14-9-15(18)8-13-4-7-20-16(13)14/h8-9,11-12H,2-7,10H2,1H3. The van der Waals surface area contributed by atoms with Crippen LogP contribution in [0.3, 0.4) is 0 Å². The molecule has 1 fully saturated rings. The Balaban J connectivity index is 1.67. The number of ether oxygens (including phenoxy) is 1. The van der Waals surface area contributed by atoms with Crippen molar-refractivity contribution in [1.29, 1.82) is 0 Å². The van der Waals surface area contributed by atoms with E-state index in [2.05, 4.69) is 17.9 Å². The van der Waals surface area contributed by atoms with Gasteiger partial charge in [-0.15, -0.1) is 11.6 Å². The van der Waals surface area contributed by atoms with Gasteiger partial charge in [-0.1, -0.05) is 11.6 Å². The zero-order valence-electron chi connectivity index (χ0n) is 11.9. The molecule has 2 nitrogen and oxygen atoms in total. The Bertz CT molecular complexity index is 482. The van der Waals surface area contributed by atoms with Gasteiger partial charge in [0.15, 0.2) is 0 Å². The predicted octanol–water partition coefficient (Wildman–Crippen LogP) is 4.11. The summed E-state index contributed by atoms with van der Waals surface area (Å²) in [5.74, 6) is 1.73. The van der Waals surface area contributed by atoms with Crippen molar-refractivity contribution in [2.75, 3.05) is 19.7 Å². The highest BCUT2D eigenvalue weighted by Gasteiger charge is 2.24. The van der Waals surface area contributed by atoms with Gasteiger partial charge in [-0.2, -0.15) is 0 Å². The first kappa shape index (κ1) is 14.5. The molecule has 0 N–H and O–H groups in total. The molecule has 1 atom stereocenters. The van der Waals surface area contributed by atoms with E-state index < -0.39 is 0 Å². The lowest BCUT2D eigenvalue weighted by molar-refractivity contribution is 0.175. The molecule has 1 saturated heterocycles. The van der Waals surface area contributed by atoms with Crippen LogP contribution in [-0.2, 0) is 13.0 Å². The molecule has 0 spiro atoms. The summed E-state index contributed by atoms with van der Waals surface area (Å²) in [6.07, 6.45) is 3.36. The fourth-order valence-electron chi connectivity index (χ4n) is 3.27. The van der Waals surface area contributed by atoms with Crippen LogP contribution in [0.4, 0.5) is 0 Å². The van der Waals surface area contributed by atoms with Crippen LogP contribution in [0.15, 0.2) is 12.1 Å². The molecule has 0 amide bonds. The lowest BCUT2D eigenvalue weighted by Crippen LogP contribution is -2.35.